The Morgan fingerprint density at radius 1 is 0.481 bits per heavy atom. The zero-order valence-electron chi connectivity index (χ0n) is 17.5. The second-order valence-electron chi connectivity index (χ2n) is 9.21. The molecule has 0 N–H and O–H groups in total. The van der Waals surface area contributed by atoms with E-state index in [9.17, 15) is 0 Å². The third-order valence-electron chi connectivity index (χ3n) is 4.90. The van der Waals surface area contributed by atoms with Gasteiger partial charge in [0, 0.05) is 0 Å². The molecule has 0 aliphatic heterocycles. The minimum atomic E-state index is -0.616. The van der Waals surface area contributed by atoms with E-state index in [0.717, 1.165) is 0 Å². The largest absolute Gasteiger partial charge is 0.0622 e. The molecule has 0 nitrogen and oxygen atoms in total. The molecule has 0 unspecified atom stereocenters. The van der Waals surface area contributed by atoms with E-state index in [1.165, 1.54) is 27.0 Å². The van der Waals surface area contributed by atoms with Gasteiger partial charge in [0.05, 0.1) is 0 Å². The van der Waals surface area contributed by atoms with Crippen molar-refractivity contribution >= 4 is 23.8 Å². The summed E-state index contributed by atoms with van der Waals surface area (Å²) in [6.45, 7) is 14.0. The van der Waals surface area contributed by atoms with E-state index in [-0.39, 0.29) is 10.8 Å². The molecule has 3 aromatic carbocycles. The van der Waals surface area contributed by atoms with Gasteiger partial charge in [0.15, 0.2) is 0 Å². The van der Waals surface area contributed by atoms with Crippen LogP contribution in [0.15, 0.2) is 78.9 Å². The Labute approximate surface area is 166 Å². The van der Waals surface area contributed by atoms with Crippen LogP contribution < -0.4 is 15.9 Å². The summed E-state index contributed by atoms with van der Waals surface area (Å²) in [6, 6.07) is 29.0. The molecule has 0 heterocycles. The van der Waals surface area contributed by atoms with Gasteiger partial charge in [0.1, 0.15) is 0 Å². The maximum Gasteiger partial charge on any atom is -0.00763 e. The van der Waals surface area contributed by atoms with Gasteiger partial charge in [-0.3, -0.25) is 0 Å². The van der Waals surface area contributed by atoms with Crippen LogP contribution in [0, 0.1) is 0 Å². The van der Waals surface area contributed by atoms with Crippen molar-refractivity contribution in [2.24, 2.45) is 0 Å². The topological polar surface area (TPSA) is 0 Å². The molecular weight excluding hydrogens is 343 g/mol. The van der Waals surface area contributed by atoms with Gasteiger partial charge in [-0.25, -0.2) is 0 Å². The molecule has 3 rings (SSSR count). The second-order valence-corrected chi connectivity index (χ2v) is 11.4. The van der Waals surface area contributed by atoms with Crippen LogP contribution in [0.25, 0.3) is 0 Å². The third kappa shape index (κ3) is 4.33. The highest BCUT2D eigenvalue weighted by atomic mass is 31.1. The smallest absolute Gasteiger partial charge is 0.00763 e. The Morgan fingerprint density at radius 3 is 1.19 bits per heavy atom. The van der Waals surface area contributed by atoms with Crippen molar-refractivity contribution in [2.45, 2.75) is 52.4 Å². The molecule has 0 spiro atoms. The van der Waals surface area contributed by atoms with Gasteiger partial charge in [-0.1, -0.05) is 120 Å². The quantitative estimate of drug-likeness (QED) is 0.490. The first-order chi connectivity index (χ1) is 12.7. The van der Waals surface area contributed by atoms with Crippen LogP contribution in [0.5, 0.6) is 0 Å². The van der Waals surface area contributed by atoms with E-state index in [1.54, 1.807) is 0 Å². The third-order valence-corrected chi connectivity index (χ3v) is 7.46. The van der Waals surface area contributed by atoms with Gasteiger partial charge in [0.2, 0.25) is 0 Å². The van der Waals surface area contributed by atoms with E-state index in [4.69, 9.17) is 0 Å². The standard InChI is InChI=1S/C26H31P/c1-25(2,3)22-18-13-19-23(26(4,5)6)24(22)27(20-14-9-7-10-15-20)21-16-11-8-12-17-21/h7-19H,1-6H3. The summed E-state index contributed by atoms with van der Waals surface area (Å²) in [6.07, 6.45) is 0. The van der Waals surface area contributed by atoms with Crippen molar-refractivity contribution in [1.29, 1.82) is 0 Å². The normalized spacial score (nSPS) is 12.4. The second kappa shape index (κ2) is 7.61. The Hall–Kier alpha value is -1.91. The predicted octanol–water partition coefficient (Wildman–Crippen LogP) is 6.04. The molecule has 0 atom stereocenters. The van der Waals surface area contributed by atoms with E-state index >= 15 is 0 Å². The van der Waals surface area contributed by atoms with Gasteiger partial charge in [0.25, 0.3) is 0 Å². The summed E-state index contributed by atoms with van der Waals surface area (Å²) in [7, 11) is -0.616. The first-order valence-electron chi connectivity index (χ1n) is 9.74. The first-order valence-corrected chi connectivity index (χ1v) is 11.1. The number of rotatable bonds is 3. The van der Waals surface area contributed by atoms with E-state index in [1.807, 2.05) is 0 Å². The molecule has 0 fully saturated rings. The molecule has 0 aromatic heterocycles. The molecule has 0 aliphatic rings. The number of hydrogen-bond donors (Lipinski definition) is 0. The minimum absolute atomic E-state index is 0.0980. The van der Waals surface area contributed by atoms with Crippen LogP contribution in [-0.2, 0) is 10.8 Å². The van der Waals surface area contributed by atoms with Gasteiger partial charge < -0.3 is 0 Å². The molecule has 0 amide bonds. The Bertz CT molecular complexity index is 809. The molecule has 0 saturated heterocycles. The summed E-state index contributed by atoms with van der Waals surface area (Å²) in [5.74, 6) is 0. The van der Waals surface area contributed by atoms with E-state index < -0.39 is 7.92 Å². The van der Waals surface area contributed by atoms with Crippen molar-refractivity contribution in [2.75, 3.05) is 0 Å². The molecular formula is C26H31P. The van der Waals surface area contributed by atoms with Gasteiger partial charge in [-0.15, -0.1) is 0 Å². The Morgan fingerprint density at radius 2 is 0.852 bits per heavy atom. The summed E-state index contributed by atoms with van der Waals surface area (Å²) in [5.41, 5.74) is 3.13. The van der Waals surface area contributed by atoms with Crippen LogP contribution in [0.4, 0.5) is 0 Å². The molecule has 140 valence electrons. The zero-order valence-corrected chi connectivity index (χ0v) is 18.3. The minimum Gasteiger partial charge on any atom is -0.0622 e. The predicted molar refractivity (Wildman–Crippen MR) is 123 cm³/mol. The Kier molecular flexibility index (Phi) is 5.59. The summed E-state index contributed by atoms with van der Waals surface area (Å²) in [5, 5.41) is 4.37. The molecule has 0 saturated carbocycles. The lowest BCUT2D eigenvalue weighted by Crippen LogP contribution is -2.34. The molecule has 0 aliphatic carbocycles. The zero-order chi connectivity index (χ0) is 19.7. The van der Waals surface area contributed by atoms with Crippen molar-refractivity contribution < 1.29 is 0 Å². The average Bonchev–Trinajstić information content (AvgIpc) is 2.62. The van der Waals surface area contributed by atoms with Crippen LogP contribution >= 0.6 is 7.92 Å². The lowest BCUT2D eigenvalue weighted by atomic mass is 9.80. The molecule has 3 aromatic rings. The molecule has 1 heteroatoms. The monoisotopic (exact) mass is 374 g/mol. The highest BCUT2D eigenvalue weighted by molar-refractivity contribution is 7.80. The fourth-order valence-corrected chi connectivity index (χ4v) is 6.61. The number of hydrogen-bond acceptors (Lipinski definition) is 0. The van der Waals surface area contributed by atoms with Gasteiger partial charge in [-0.05, 0) is 45.8 Å². The fraction of sp³-hybridized carbons (Fsp3) is 0.308. The number of benzene rings is 3. The van der Waals surface area contributed by atoms with Gasteiger partial charge >= 0.3 is 0 Å². The highest BCUT2D eigenvalue weighted by Crippen LogP contribution is 2.41. The Balaban J connectivity index is 2.39. The molecule has 27 heavy (non-hydrogen) atoms. The molecule has 0 radical (unpaired) electrons. The summed E-state index contributed by atoms with van der Waals surface area (Å²) >= 11 is 0. The maximum absolute atomic E-state index is 2.34. The van der Waals surface area contributed by atoms with Crippen molar-refractivity contribution in [3.8, 4) is 0 Å². The maximum atomic E-state index is 2.34. The summed E-state index contributed by atoms with van der Waals surface area (Å²) in [4.78, 5) is 0. The van der Waals surface area contributed by atoms with Crippen LogP contribution in [-0.4, -0.2) is 0 Å². The summed E-state index contributed by atoms with van der Waals surface area (Å²) < 4.78 is 0. The van der Waals surface area contributed by atoms with Crippen molar-refractivity contribution in [3.05, 3.63) is 90.0 Å². The van der Waals surface area contributed by atoms with Crippen LogP contribution in [0.2, 0.25) is 0 Å². The van der Waals surface area contributed by atoms with E-state index in [0.29, 0.717) is 0 Å². The average molecular weight is 375 g/mol. The lowest BCUT2D eigenvalue weighted by Gasteiger charge is -2.34. The molecule has 0 bridgehead atoms. The van der Waals surface area contributed by atoms with E-state index in [2.05, 4.69) is 120 Å². The SMILES string of the molecule is CC(C)(C)c1cccc(C(C)(C)C)c1P(c1ccccc1)c1ccccc1. The van der Waals surface area contributed by atoms with Gasteiger partial charge in [-0.2, -0.15) is 0 Å². The highest BCUT2D eigenvalue weighted by Gasteiger charge is 2.31. The van der Waals surface area contributed by atoms with Crippen molar-refractivity contribution in [3.63, 3.8) is 0 Å². The fourth-order valence-electron chi connectivity index (χ4n) is 3.56. The first kappa shape index (κ1) is 19.8. The van der Waals surface area contributed by atoms with Crippen molar-refractivity contribution in [1.82, 2.24) is 0 Å². The lowest BCUT2D eigenvalue weighted by molar-refractivity contribution is 0.576. The van der Waals surface area contributed by atoms with Crippen LogP contribution in [0.3, 0.4) is 0 Å². The van der Waals surface area contributed by atoms with Crippen LogP contribution in [0.1, 0.15) is 52.7 Å².